The third-order valence-electron chi connectivity index (χ3n) is 4.27. The van der Waals surface area contributed by atoms with Crippen molar-refractivity contribution in [2.45, 2.75) is 12.6 Å². The average molecular weight is 404 g/mol. The Morgan fingerprint density at radius 2 is 1.93 bits per heavy atom. The Morgan fingerprint density at radius 3 is 2.72 bits per heavy atom. The zero-order chi connectivity index (χ0) is 20.6. The summed E-state index contributed by atoms with van der Waals surface area (Å²) in [5.74, 6) is -1.59. The first-order valence-corrected chi connectivity index (χ1v) is 8.46. The van der Waals surface area contributed by atoms with E-state index in [0.717, 1.165) is 6.07 Å². The minimum absolute atomic E-state index is 0.0494. The first-order chi connectivity index (χ1) is 13.8. The Morgan fingerprint density at radius 1 is 1.10 bits per heavy atom. The number of nitrogens with zero attached hydrogens (tertiary/aromatic N) is 3. The minimum atomic E-state index is -4.71. The minimum Gasteiger partial charge on any atom is -0.455 e. The molecule has 0 unspecified atom stereocenters. The molecule has 10 heteroatoms. The molecule has 6 nitrogen and oxygen atoms in total. The van der Waals surface area contributed by atoms with Gasteiger partial charge in [-0.15, -0.1) is 5.10 Å². The van der Waals surface area contributed by atoms with Gasteiger partial charge < -0.3 is 10.1 Å². The molecular weight excluding hydrogens is 392 g/mol. The molecular formula is C19H12F4N4O2. The fraction of sp³-hybridized carbons (Fsp3) is 0.158. The third kappa shape index (κ3) is 3.86. The summed E-state index contributed by atoms with van der Waals surface area (Å²) in [6.45, 7) is 0.442. The molecule has 0 fully saturated rings. The Balaban J connectivity index is 1.69. The number of fused-ring (bicyclic) bond motifs is 1. The fourth-order valence-electron chi connectivity index (χ4n) is 3.02. The number of ether oxygens (including phenoxy) is 1. The van der Waals surface area contributed by atoms with Gasteiger partial charge in [-0.1, -0.05) is 0 Å². The lowest BCUT2D eigenvalue weighted by molar-refractivity contribution is -0.137. The molecule has 148 valence electrons. The predicted octanol–water partition coefficient (Wildman–Crippen LogP) is 3.77. The number of aromatic nitrogens is 3. The molecule has 0 spiro atoms. The van der Waals surface area contributed by atoms with Crippen LogP contribution in [-0.4, -0.2) is 27.6 Å². The highest BCUT2D eigenvalue weighted by atomic mass is 19.4. The summed E-state index contributed by atoms with van der Waals surface area (Å²) in [5.41, 5.74) is 0.689. The van der Waals surface area contributed by atoms with Crippen molar-refractivity contribution in [1.29, 1.82) is 0 Å². The number of alkyl halides is 3. The van der Waals surface area contributed by atoms with Crippen molar-refractivity contribution in [1.82, 2.24) is 20.5 Å². The summed E-state index contributed by atoms with van der Waals surface area (Å²) in [7, 11) is 0. The summed E-state index contributed by atoms with van der Waals surface area (Å²) in [6, 6.07) is 4.92. The zero-order valence-corrected chi connectivity index (χ0v) is 14.6. The van der Waals surface area contributed by atoms with Crippen molar-refractivity contribution >= 4 is 5.91 Å². The number of hydrogen-bond acceptors (Lipinski definition) is 5. The molecule has 3 heterocycles. The van der Waals surface area contributed by atoms with E-state index < -0.39 is 17.6 Å². The summed E-state index contributed by atoms with van der Waals surface area (Å²) in [4.78, 5) is 16.3. The number of benzene rings is 1. The van der Waals surface area contributed by atoms with Crippen LogP contribution in [0.25, 0.3) is 11.4 Å². The van der Waals surface area contributed by atoms with E-state index >= 15 is 0 Å². The van der Waals surface area contributed by atoms with Crippen LogP contribution in [0.1, 0.15) is 21.5 Å². The highest BCUT2D eigenvalue weighted by molar-refractivity contribution is 5.98. The lowest BCUT2D eigenvalue weighted by atomic mass is 9.98. The molecule has 0 bridgehead atoms. The summed E-state index contributed by atoms with van der Waals surface area (Å²) < 4.78 is 57.6. The van der Waals surface area contributed by atoms with Crippen LogP contribution in [0.5, 0.6) is 11.5 Å². The highest BCUT2D eigenvalue weighted by Crippen LogP contribution is 2.34. The fourth-order valence-corrected chi connectivity index (χ4v) is 3.02. The molecule has 3 aromatic rings. The molecule has 4 rings (SSSR count). The number of amides is 1. The van der Waals surface area contributed by atoms with Gasteiger partial charge in [-0.2, -0.15) is 18.3 Å². The van der Waals surface area contributed by atoms with Gasteiger partial charge in [-0.3, -0.25) is 9.78 Å². The molecule has 0 radical (unpaired) electrons. The molecule has 2 aromatic heterocycles. The molecule has 0 saturated carbocycles. The molecule has 1 aliphatic heterocycles. The number of pyridine rings is 1. The number of carbonyl (C=O) groups excluding carboxylic acids is 1. The summed E-state index contributed by atoms with van der Waals surface area (Å²) in [6.07, 6.45) is -1.54. The topological polar surface area (TPSA) is 77.0 Å². The van der Waals surface area contributed by atoms with E-state index in [0.29, 0.717) is 41.9 Å². The van der Waals surface area contributed by atoms with Crippen LogP contribution >= 0.6 is 0 Å². The second-order valence-electron chi connectivity index (χ2n) is 6.24. The van der Waals surface area contributed by atoms with Gasteiger partial charge in [0.25, 0.3) is 5.91 Å². The molecule has 0 saturated heterocycles. The molecule has 1 amide bonds. The lowest BCUT2D eigenvalue weighted by Gasteiger charge is -2.18. The average Bonchev–Trinajstić information content (AvgIpc) is 2.67. The molecule has 29 heavy (non-hydrogen) atoms. The Bertz CT molecular complexity index is 1100. The van der Waals surface area contributed by atoms with Crippen molar-refractivity contribution in [2.75, 3.05) is 6.54 Å². The second kappa shape index (κ2) is 7.12. The maximum atomic E-state index is 13.6. The van der Waals surface area contributed by atoms with Crippen molar-refractivity contribution in [3.8, 4) is 22.9 Å². The Hall–Kier alpha value is -3.56. The van der Waals surface area contributed by atoms with Gasteiger partial charge >= 0.3 is 6.18 Å². The third-order valence-corrected chi connectivity index (χ3v) is 4.27. The van der Waals surface area contributed by atoms with E-state index in [1.807, 2.05) is 0 Å². The van der Waals surface area contributed by atoms with Crippen molar-refractivity contribution in [3.05, 3.63) is 65.2 Å². The Kier molecular flexibility index (Phi) is 4.61. The Labute approximate surface area is 161 Å². The molecule has 1 N–H and O–H groups in total. The smallest absolute Gasteiger partial charge is 0.416 e. The van der Waals surface area contributed by atoms with Crippen LogP contribution in [0, 0.1) is 5.82 Å². The van der Waals surface area contributed by atoms with Gasteiger partial charge in [-0.05, 0) is 30.2 Å². The summed E-state index contributed by atoms with van der Waals surface area (Å²) >= 11 is 0. The normalized spacial score (nSPS) is 13.6. The maximum absolute atomic E-state index is 13.6. The first kappa shape index (κ1) is 18.8. The molecule has 0 atom stereocenters. The first-order valence-electron chi connectivity index (χ1n) is 8.46. The zero-order valence-electron chi connectivity index (χ0n) is 14.6. The van der Waals surface area contributed by atoms with Crippen LogP contribution in [0.2, 0.25) is 0 Å². The predicted molar refractivity (Wildman–Crippen MR) is 92.8 cm³/mol. The van der Waals surface area contributed by atoms with Gasteiger partial charge in [0.1, 0.15) is 23.0 Å². The van der Waals surface area contributed by atoms with Gasteiger partial charge in [0.2, 0.25) is 0 Å². The molecule has 0 aliphatic carbocycles. The van der Waals surface area contributed by atoms with E-state index in [2.05, 4.69) is 20.5 Å². The largest absolute Gasteiger partial charge is 0.455 e. The van der Waals surface area contributed by atoms with Gasteiger partial charge in [0, 0.05) is 30.4 Å². The van der Waals surface area contributed by atoms with Crippen molar-refractivity contribution < 1.29 is 27.1 Å². The van der Waals surface area contributed by atoms with Gasteiger partial charge in [0.05, 0.1) is 17.5 Å². The number of halogens is 4. The van der Waals surface area contributed by atoms with Crippen LogP contribution < -0.4 is 10.1 Å². The standard InChI is InChI=1S/C19H12F4N4O2/c20-11-5-10(19(21,22)23)6-12(7-11)29-13-8-16(27-26-9-13)17-14-1-4-25-18(28)15(14)2-3-24-17/h2-3,5-9H,1,4H2,(H,25,28). The van der Waals surface area contributed by atoms with E-state index in [-0.39, 0.29) is 23.1 Å². The lowest BCUT2D eigenvalue weighted by Crippen LogP contribution is -2.32. The van der Waals surface area contributed by atoms with Gasteiger partial charge in [-0.25, -0.2) is 4.39 Å². The van der Waals surface area contributed by atoms with Crippen LogP contribution in [0.4, 0.5) is 17.6 Å². The maximum Gasteiger partial charge on any atom is 0.416 e. The number of hydrogen-bond donors (Lipinski definition) is 1. The second-order valence-corrected chi connectivity index (χ2v) is 6.24. The number of carbonyl (C=O) groups is 1. The molecule has 1 aliphatic rings. The van der Waals surface area contributed by atoms with Crippen LogP contribution in [0.15, 0.2) is 42.7 Å². The highest BCUT2D eigenvalue weighted by Gasteiger charge is 2.31. The van der Waals surface area contributed by atoms with E-state index in [1.54, 1.807) is 6.07 Å². The van der Waals surface area contributed by atoms with Crippen LogP contribution in [0.3, 0.4) is 0 Å². The van der Waals surface area contributed by atoms with E-state index in [9.17, 15) is 22.4 Å². The van der Waals surface area contributed by atoms with E-state index in [1.165, 1.54) is 18.5 Å². The quantitative estimate of drug-likeness (QED) is 0.673. The number of nitrogens with one attached hydrogen (secondary N) is 1. The van der Waals surface area contributed by atoms with E-state index in [4.69, 9.17) is 4.74 Å². The van der Waals surface area contributed by atoms with Crippen molar-refractivity contribution in [2.24, 2.45) is 0 Å². The van der Waals surface area contributed by atoms with Gasteiger partial charge in [0.15, 0.2) is 0 Å². The van der Waals surface area contributed by atoms with Crippen molar-refractivity contribution in [3.63, 3.8) is 0 Å². The monoisotopic (exact) mass is 404 g/mol. The summed E-state index contributed by atoms with van der Waals surface area (Å²) in [5, 5.41) is 10.5. The number of rotatable bonds is 3. The SMILES string of the molecule is O=C1NCCc2c1ccnc2-c1cc(Oc2cc(F)cc(C(F)(F)F)c2)cnn1. The van der Waals surface area contributed by atoms with Crippen LogP contribution in [-0.2, 0) is 12.6 Å². The molecule has 1 aromatic carbocycles.